The largest absolute Gasteiger partial charge is 0.293 e. The number of halogens is 1. The molecule has 0 spiro atoms. The van der Waals surface area contributed by atoms with Crippen molar-refractivity contribution in [3.63, 3.8) is 0 Å². The second-order valence-corrected chi connectivity index (χ2v) is 6.96. The molecule has 2 aliphatic rings. The summed E-state index contributed by atoms with van der Waals surface area (Å²) in [6, 6.07) is 13.0. The fraction of sp³-hybridized carbons (Fsp3) is 0.150. The molecule has 0 aromatic heterocycles. The molecular weight excluding hydrogens is 366 g/mol. The molecule has 1 fully saturated rings. The molecule has 2 aromatic rings. The number of hydrogen-bond donors (Lipinski definition) is 1. The molecule has 2 aromatic carbocycles. The molecule has 27 heavy (non-hydrogen) atoms. The predicted molar refractivity (Wildman–Crippen MR) is 102 cm³/mol. The van der Waals surface area contributed by atoms with E-state index >= 15 is 0 Å². The van der Waals surface area contributed by atoms with E-state index in [2.05, 4.69) is 5.43 Å². The Labute approximate surface area is 161 Å². The van der Waals surface area contributed by atoms with Crippen LogP contribution in [0.5, 0.6) is 0 Å². The van der Waals surface area contributed by atoms with Crippen LogP contribution in [0.1, 0.15) is 12.5 Å². The molecule has 0 bridgehead atoms. The maximum Gasteiger partial charge on any atom is 0.266 e. The first-order valence-electron chi connectivity index (χ1n) is 8.40. The van der Waals surface area contributed by atoms with Gasteiger partial charge >= 0.3 is 0 Å². The molecule has 6 nitrogen and oxygen atoms in total. The summed E-state index contributed by atoms with van der Waals surface area (Å²) in [5.41, 5.74) is 5.44. The van der Waals surface area contributed by atoms with Crippen LogP contribution in [0.2, 0.25) is 5.02 Å². The number of anilines is 2. The second-order valence-electron chi connectivity index (χ2n) is 6.52. The van der Waals surface area contributed by atoms with Crippen LogP contribution in [0.3, 0.4) is 0 Å². The van der Waals surface area contributed by atoms with E-state index < -0.39 is 17.9 Å². The Hall–Kier alpha value is -3.12. The molecule has 2 heterocycles. The van der Waals surface area contributed by atoms with Crippen LogP contribution in [0.25, 0.3) is 0 Å². The summed E-state index contributed by atoms with van der Waals surface area (Å²) in [6.45, 7) is 3.33. The van der Waals surface area contributed by atoms with Gasteiger partial charge < -0.3 is 0 Å². The number of hydrogen-bond acceptors (Lipinski definition) is 5. The highest BCUT2D eigenvalue weighted by Gasteiger charge is 2.53. The number of Topliss-reactive ketones (excluding diaryl/α,β-unsaturated/α-hetero) is 1. The van der Waals surface area contributed by atoms with Gasteiger partial charge in [-0.25, -0.2) is 4.90 Å². The molecule has 1 N–H and O–H groups in total. The van der Waals surface area contributed by atoms with Gasteiger partial charge in [0.05, 0.1) is 16.9 Å². The summed E-state index contributed by atoms with van der Waals surface area (Å²) in [4.78, 5) is 39.4. The Morgan fingerprint density at radius 3 is 2.19 bits per heavy atom. The fourth-order valence-electron chi connectivity index (χ4n) is 3.33. The number of fused-ring (bicyclic) bond motifs is 1. The molecule has 1 saturated heterocycles. The van der Waals surface area contributed by atoms with Gasteiger partial charge in [-0.15, -0.1) is 0 Å². The van der Waals surface area contributed by atoms with Crippen LogP contribution < -0.4 is 15.3 Å². The van der Waals surface area contributed by atoms with Crippen LogP contribution in [0.15, 0.2) is 59.8 Å². The molecule has 7 heteroatoms. The van der Waals surface area contributed by atoms with Gasteiger partial charge in [0, 0.05) is 11.9 Å². The third kappa shape index (κ3) is 2.69. The number of amides is 2. The molecule has 0 radical (unpaired) electrons. The predicted octanol–water partition coefficient (Wildman–Crippen LogP) is 2.76. The summed E-state index contributed by atoms with van der Waals surface area (Å²) in [5, 5.41) is 2.08. The Morgan fingerprint density at radius 1 is 1.00 bits per heavy atom. The van der Waals surface area contributed by atoms with E-state index in [4.69, 9.17) is 11.6 Å². The van der Waals surface area contributed by atoms with Gasteiger partial charge in [-0.1, -0.05) is 29.3 Å². The fourth-order valence-corrected chi connectivity index (χ4v) is 3.46. The van der Waals surface area contributed by atoms with E-state index in [9.17, 15) is 14.4 Å². The first kappa shape index (κ1) is 17.3. The third-order valence-corrected chi connectivity index (χ3v) is 4.92. The number of nitrogens with one attached hydrogen (secondary N) is 1. The Kier molecular flexibility index (Phi) is 4.00. The zero-order chi connectivity index (χ0) is 19.3. The highest BCUT2D eigenvalue weighted by molar-refractivity contribution is 6.34. The molecule has 0 aliphatic carbocycles. The number of rotatable bonds is 3. The van der Waals surface area contributed by atoms with Gasteiger partial charge in [-0.3, -0.25) is 24.8 Å². The molecular formula is C20H16ClN3O3. The lowest BCUT2D eigenvalue weighted by molar-refractivity contribution is -0.121. The minimum atomic E-state index is -0.894. The van der Waals surface area contributed by atoms with Crippen molar-refractivity contribution in [3.8, 4) is 0 Å². The van der Waals surface area contributed by atoms with Crippen LogP contribution >= 0.6 is 11.6 Å². The summed E-state index contributed by atoms with van der Waals surface area (Å²) in [6.07, 6.45) is 0. The molecule has 0 unspecified atom stereocenters. The SMILES string of the molecule is CC(=O)C1=C2C(=O)N(c3ccc(Cl)cc3)C(=O)[C@@H]2N(c2ccc(C)cc2)N1. The molecule has 4 rings (SSSR count). The van der Waals surface area contributed by atoms with E-state index in [-0.39, 0.29) is 17.1 Å². The van der Waals surface area contributed by atoms with E-state index in [0.29, 0.717) is 16.4 Å². The number of carbonyl (C=O) groups excluding carboxylic acids is 3. The van der Waals surface area contributed by atoms with Gasteiger partial charge in [0.1, 0.15) is 5.70 Å². The van der Waals surface area contributed by atoms with Crippen LogP contribution in [-0.4, -0.2) is 23.6 Å². The van der Waals surface area contributed by atoms with Crippen molar-refractivity contribution in [1.82, 2.24) is 5.43 Å². The van der Waals surface area contributed by atoms with Crippen molar-refractivity contribution in [2.75, 3.05) is 9.91 Å². The number of aryl methyl sites for hydroxylation is 1. The van der Waals surface area contributed by atoms with Crippen LogP contribution in [0.4, 0.5) is 11.4 Å². The first-order valence-corrected chi connectivity index (χ1v) is 8.78. The van der Waals surface area contributed by atoms with Gasteiger partial charge in [-0.05, 0) is 43.3 Å². The minimum absolute atomic E-state index is 0.149. The zero-order valence-electron chi connectivity index (χ0n) is 14.7. The normalized spacial score (nSPS) is 18.9. The smallest absolute Gasteiger partial charge is 0.266 e. The van der Waals surface area contributed by atoms with Crippen molar-refractivity contribution in [2.45, 2.75) is 19.9 Å². The van der Waals surface area contributed by atoms with Crippen molar-refractivity contribution >= 4 is 40.6 Å². The molecule has 2 aliphatic heterocycles. The topological polar surface area (TPSA) is 69.7 Å². The maximum absolute atomic E-state index is 13.1. The highest BCUT2D eigenvalue weighted by atomic mass is 35.5. The van der Waals surface area contributed by atoms with Gasteiger partial charge in [-0.2, -0.15) is 0 Å². The number of hydrazine groups is 1. The number of carbonyl (C=O) groups is 3. The van der Waals surface area contributed by atoms with Crippen LogP contribution in [-0.2, 0) is 14.4 Å². The number of benzene rings is 2. The number of allylic oxidation sites excluding steroid dienone is 1. The Balaban J connectivity index is 1.80. The van der Waals surface area contributed by atoms with E-state index in [1.165, 1.54) is 6.92 Å². The summed E-state index contributed by atoms with van der Waals surface area (Å²) in [5.74, 6) is -1.22. The number of ketones is 1. The summed E-state index contributed by atoms with van der Waals surface area (Å²) in [7, 11) is 0. The molecule has 0 saturated carbocycles. The van der Waals surface area contributed by atoms with Crippen molar-refractivity contribution in [1.29, 1.82) is 0 Å². The molecule has 136 valence electrons. The lowest BCUT2D eigenvalue weighted by Gasteiger charge is -2.26. The Morgan fingerprint density at radius 2 is 1.59 bits per heavy atom. The maximum atomic E-state index is 13.1. The second kappa shape index (κ2) is 6.25. The average Bonchev–Trinajstić information content (AvgIpc) is 3.15. The highest BCUT2D eigenvalue weighted by Crippen LogP contribution is 2.37. The monoisotopic (exact) mass is 381 g/mol. The van der Waals surface area contributed by atoms with E-state index in [1.54, 1.807) is 29.3 Å². The van der Waals surface area contributed by atoms with Crippen LogP contribution in [0, 0.1) is 6.92 Å². The lowest BCUT2D eigenvalue weighted by atomic mass is 10.1. The minimum Gasteiger partial charge on any atom is -0.293 e. The van der Waals surface area contributed by atoms with E-state index in [0.717, 1.165) is 10.5 Å². The Bertz CT molecular complexity index is 996. The summed E-state index contributed by atoms with van der Waals surface area (Å²) >= 11 is 5.91. The molecule has 1 atom stereocenters. The number of nitrogens with zero attached hydrogens (tertiary/aromatic N) is 2. The number of imide groups is 1. The third-order valence-electron chi connectivity index (χ3n) is 4.67. The standard InChI is InChI=1S/C20H16ClN3O3/c1-11-3-7-15(8-4-11)24-18-16(17(22-24)12(2)25)19(26)23(20(18)27)14-9-5-13(21)6-10-14/h3-10,18,22H,1-2H3/t18-/m1/s1. The van der Waals surface area contributed by atoms with Crippen molar-refractivity contribution < 1.29 is 14.4 Å². The van der Waals surface area contributed by atoms with Crippen molar-refractivity contribution in [2.24, 2.45) is 0 Å². The van der Waals surface area contributed by atoms with E-state index in [1.807, 2.05) is 31.2 Å². The quantitative estimate of drug-likeness (QED) is 0.828. The molecule has 2 amide bonds. The van der Waals surface area contributed by atoms with Gasteiger partial charge in [0.2, 0.25) is 0 Å². The van der Waals surface area contributed by atoms with Gasteiger partial charge in [0.15, 0.2) is 11.8 Å². The average molecular weight is 382 g/mol. The summed E-state index contributed by atoms with van der Waals surface area (Å²) < 4.78 is 0. The lowest BCUT2D eigenvalue weighted by Crippen LogP contribution is -2.46. The van der Waals surface area contributed by atoms with Gasteiger partial charge in [0.25, 0.3) is 11.8 Å². The van der Waals surface area contributed by atoms with Crippen molar-refractivity contribution in [3.05, 3.63) is 70.4 Å². The first-order chi connectivity index (χ1) is 12.9. The zero-order valence-corrected chi connectivity index (χ0v) is 15.4.